The molecule has 0 unspecified atom stereocenters. The minimum atomic E-state index is -0.223. The van der Waals surface area contributed by atoms with Gasteiger partial charge in [0, 0.05) is 17.8 Å². The highest BCUT2D eigenvalue weighted by atomic mass is 16.3. The molecule has 0 saturated heterocycles. The summed E-state index contributed by atoms with van der Waals surface area (Å²) in [5, 5.41) is 5.89. The molecular formula is C14H16N2O2. The van der Waals surface area contributed by atoms with Crippen molar-refractivity contribution in [3.63, 3.8) is 0 Å². The lowest BCUT2D eigenvalue weighted by molar-refractivity contribution is 0.0996. The lowest BCUT2D eigenvalue weighted by Gasteiger charge is -2.06. The lowest BCUT2D eigenvalue weighted by atomic mass is 10.2. The fraction of sp³-hybridized carbons (Fsp3) is 0.214. The number of carbonyl (C=O) groups excluding carboxylic acids is 1. The summed E-state index contributed by atoms with van der Waals surface area (Å²) in [6.45, 7) is 2.61. The highest BCUT2D eigenvalue weighted by Gasteiger charge is 2.12. The maximum absolute atomic E-state index is 11.9. The Bertz CT molecular complexity index is 546. The van der Waals surface area contributed by atoms with Crippen LogP contribution < -0.4 is 10.6 Å². The molecule has 0 atom stereocenters. The summed E-state index contributed by atoms with van der Waals surface area (Å²) in [7, 11) is 1.89. The van der Waals surface area contributed by atoms with Crippen LogP contribution in [0.25, 0.3) is 0 Å². The van der Waals surface area contributed by atoms with Gasteiger partial charge in [0.25, 0.3) is 5.91 Å². The van der Waals surface area contributed by atoms with Crippen molar-refractivity contribution in [2.75, 3.05) is 12.4 Å². The highest BCUT2D eigenvalue weighted by Crippen LogP contribution is 2.14. The van der Waals surface area contributed by atoms with Crippen LogP contribution in [0.3, 0.4) is 0 Å². The van der Waals surface area contributed by atoms with E-state index in [1.54, 1.807) is 6.07 Å². The second-order valence-electron chi connectivity index (χ2n) is 4.12. The van der Waals surface area contributed by atoms with E-state index in [1.807, 2.05) is 38.2 Å². The van der Waals surface area contributed by atoms with Crippen LogP contribution in [0.1, 0.15) is 21.7 Å². The van der Waals surface area contributed by atoms with E-state index in [1.165, 1.54) is 6.26 Å². The topological polar surface area (TPSA) is 54.3 Å². The third-order valence-corrected chi connectivity index (χ3v) is 2.63. The monoisotopic (exact) mass is 244 g/mol. The average molecular weight is 244 g/mol. The molecule has 1 heterocycles. The average Bonchev–Trinajstić information content (AvgIpc) is 2.76. The number of aryl methyl sites for hydroxylation is 1. The Labute approximate surface area is 106 Å². The van der Waals surface area contributed by atoms with Crippen LogP contribution in [0.5, 0.6) is 0 Å². The maximum Gasteiger partial charge on any atom is 0.291 e. The van der Waals surface area contributed by atoms with E-state index in [2.05, 4.69) is 10.6 Å². The van der Waals surface area contributed by atoms with Crippen LogP contribution in [-0.2, 0) is 6.54 Å². The SMILES string of the molecule is CNCc1cccc(NC(=O)c2occc2C)c1. The molecule has 0 saturated carbocycles. The third kappa shape index (κ3) is 2.78. The zero-order chi connectivity index (χ0) is 13.0. The van der Waals surface area contributed by atoms with E-state index in [-0.39, 0.29) is 5.91 Å². The van der Waals surface area contributed by atoms with Gasteiger partial charge in [0.1, 0.15) is 0 Å². The molecule has 4 heteroatoms. The molecule has 2 aromatic rings. The molecule has 1 aromatic carbocycles. The number of anilines is 1. The van der Waals surface area contributed by atoms with Gasteiger partial charge in [0.05, 0.1) is 6.26 Å². The van der Waals surface area contributed by atoms with Crippen LogP contribution in [0, 0.1) is 6.92 Å². The fourth-order valence-corrected chi connectivity index (χ4v) is 1.76. The van der Waals surface area contributed by atoms with Crippen molar-refractivity contribution in [3.8, 4) is 0 Å². The number of benzene rings is 1. The quantitative estimate of drug-likeness (QED) is 0.869. The number of amides is 1. The molecule has 0 aliphatic heterocycles. The molecule has 2 N–H and O–H groups in total. The lowest BCUT2D eigenvalue weighted by Crippen LogP contribution is -2.12. The third-order valence-electron chi connectivity index (χ3n) is 2.63. The Kier molecular flexibility index (Phi) is 3.79. The number of nitrogens with one attached hydrogen (secondary N) is 2. The molecule has 1 amide bonds. The van der Waals surface area contributed by atoms with Crippen molar-refractivity contribution >= 4 is 11.6 Å². The van der Waals surface area contributed by atoms with Crippen LogP contribution >= 0.6 is 0 Å². The first-order valence-corrected chi connectivity index (χ1v) is 5.79. The molecule has 2 rings (SSSR count). The van der Waals surface area contributed by atoms with Gasteiger partial charge >= 0.3 is 0 Å². The number of rotatable bonds is 4. The zero-order valence-electron chi connectivity index (χ0n) is 10.5. The molecule has 0 aliphatic carbocycles. The zero-order valence-corrected chi connectivity index (χ0v) is 10.5. The smallest absolute Gasteiger partial charge is 0.291 e. The van der Waals surface area contributed by atoms with Gasteiger partial charge in [0.2, 0.25) is 0 Å². The number of hydrogen-bond acceptors (Lipinski definition) is 3. The van der Waals surface area contributed by atoms with Gasteiger partial charge in [-0.25, -0.2) is 0 Å². The summed E-state index contributed by atoms with van der Waals surface area (Å²) in [4.78, 5) is 11.9. The van der Waals surface area contributed by atoms with Crippen molar-refractivity contribution in [1.82, 2.24) is 5.32 Å². The molecule has 94 valence electrons. The van der Waals surface area contributed by atoms with Gasteiger partial charge in [-0.1, -0.05) is 12.1 Å². The predicted octanol–water partition coefficient (Wildman–Crippen LogP) is 2.56. The van der Waals surface area contributed by atoms with Crippen LogP contribution in [-0.4, -0.2) is 13.0 Å². The van der Waals surface area contributed by atoms with Gasteiger partial charge in [-0.3, -0.25) is 4.79 Å². The van der Waals surface area contributed by atoms with Crippen LogP contribution in [0.2, 0.25) is 0 Å². The Morgan fingerprint density at radius 1 is 1.33 bits per heavy atom. The molecule has 0 bridgehead atoms. The molecular weight excluding hydrogens is 228 g/mol. The summed E-state index contributed by atoms with van der Waals surface area (Å²) in [6, 6.07) is 9.48. The second-order valence-corrected chi connectivity index (χ2v) is 4.12. The van der Waals surface area contributed by atoms with Crippen molar-refractivity contribution < 1.29 is 9.21 Å². The number of furan rings is 1. The van der Waals surface area contributed by atoms with E-state index in [0.717, 1.165) is 23.4 Å². The van der Waals surface area contributed by atoms with E-state index in [4.69, 9.17) is 4.42 Å². The normalized spacial score (nSPS) is 10.3. The van der Waals surface area contributed by atoms with Gasteiger partial charge in [-0.2, -0.15) is 0 Å². The van der Waals surface area contributed by atoms with E-state index < -0.39 is 0 Å². The standard InChI is InChI=1S/C14H16N2O2/c1-10-6-7-18-13(10)14(17)16-12-5-3-4-11(8-12)9-15-2/h3-8,15H,9H2,1-2H3,(H,16,17). The maximum atomic E-state index is 11.9. The summed E-state index contributed by atoms with van der Waals surface area (Å²) >= 11 is 0. The Morgan fingerprint density at radius 3 is 2.83 bits per heavy atom. The van der Waals surface area contributed by atoms with Gasteiger partial charge in [-0.15, -0.1) is 0 Å². The number of hydrogen-bond donors (Lipinski definition) is 2. The largest absolute Gasteiger partial charge is 0.459 e. The van der Waals surface area contributed by atoms with Crippen molar-refractivity contribution in [3.05, 3.63) is 53.5 Å². The fourth-order valence-electron chi connectivity index (χ4n) is 1.76. The summed E-state index contributed by atoms with van der Waals surface area (Å²) in [6.07, 6.45) is 1.52. The molecule has 0 radical (unpaired) electrons. The summed E-state index contributed by atoms with van der Waals surface area (Å²) < 4.78 is 5.15. The van der Waals surface area contributed by atoms with E-state index in [0.29, 0.717) is 5.76 Å². The molecule has 18 heavy (non-hydrogen) atoms. The minimum Gasteiger partial charge on any atom is -0.459 e. The van der Waals surface area contributed by atoms with Crippen LogP contribution in [0.15, 0.2) is 41.0 Å². The molecule has 0 fully saturated rings. The molecule has 1 aromatic heterocycles. The van der Waals surface area contributed by atoms with E-state index in [9.17, 15) is 4.79 Å². The van der Waals surface area contributed by atoms with Crippen molar-refractivity contribution in [1.29, 1.82) is 0 Å². The van der Waals surface area contributed by atoms with Gasteiger partial charge in [0.15, 0.2) is 5.76 Å². The van der Waals surface area contributed by atoms with Gasteiger partial charge in [-0.05, 0) is 37.7 Å². The second kappa shape index (κ2) is 5.51. The Hall–Kier alpha value is -2.07. The van der Waals surface area contributed by atoms with Crippen molar-refractivity contribution in [2.24, 2.45) is 0 Å². The molecule has 4 nitrogen and oxygen atoms in total. The first-order chi connectivity index (χ1) is 8.70. The molecule has 0 spiro atoms. The Morgan fingerprint density at radius 2 is 2.17 bits per heavy atom. The number of carbonyl (C=O) groups is 1. The van der Waals surface area contributed by atoms with Crippen LogP contribution in [0.4, 0.5) is 5.69 Å². The van der Waals surface area contributed by atoms with Gasteiger partial charge < -0.3 is 15.1 Å². The first kappa shape index (κ1) is 12.4. The predicted molar refractivity (Wildman–Crippen MR) is 70.6 cm³/mol. The first-order valence-electron chi connectivity index (χ1n) is 5.79. The summed E-state index contributed by atoms with van der Waals surface area (Å²) in [5.74, 6) is 0.133. The van der Waals surface area contributed by atoms with Crippen molar-refractivity contribution in [2.45, 2.75) is 13.5 Å². The Balaban J connectivity index is 2.12. The van der Waals surface area contributed by atoms with E-state index >= 15 is 0 Å². The molecule has 0 aliphatic rings. The highest BCUT2D eigenvalue weighted by molar-refractivity contribution is 6.03. The summed E-state index contributed by atoms with van der Waals surface area (Å²) in [5.41, 5.74) is 2.72. The minimum absolute atomic E-state index is 0.223.